The number of esters is 1. The van der Waals surface area contributed by atoms with Gasteiger partial charge >= 0.3 is 5.97 Å². The second-order valence-electron chi connectivity index (χ2n) is 5.82. The van der Waals surface area contributed by atoms with Crippen molar-refractivity contribution in [3.8, 4) is 5.75 Å². The standard InChI is InChI=1S/C17H21ClO3/c1-5-21-16(19)15-13(17(15,2)3)10-14(18)11-6-8-12(20-4)9-7-11/h6-10,13,15H,5H2,1-4H3. The Morgan fingerprint density at radius 2 is 1.95 bits per heavy atom. The number of methoxy groups -OCH3 is 1. The molecule has 2 rings (SSSR count). The lowest BCUT2D eigenvalue weighted by Crippen LogP contribution is -2.10. The molecule has 1 aromatic rings. The predicted octanol–water partition coefficient (Wildman–Crippen LogP) is 4.11. The van der Waals surface area contributed by atoms with E-state index in [0.29, 0.717) is 11.6 Å². The molecule has 0 bridgehead atoms. The van der Waals surface area contributed by atoms with Crippen LogP contribution in [-0.4, -0.2) is 19.7 Å². The summed E-state index contributed by atoms with van der Waals surface area (Å²) in [7, 11) is 1.63. The first-order valence-electron chi connectivity index (χ1n) is 7.10. The predicted molar refractivity (Wildman–Crippen MR) is 84.2 cm³/mol. The Labute approximate surface area is 130 Å². The Kier molecular flexibility index (Phi) is 4.62. The number of benzene rings is 1. The second kappa shape index (κ2) is 6.10. The van der Waals surface area contributed by atoms with Gasteiger partial charge in [-0.2, -0.15) is 0 Å². The van der Waals surface area contributed by atoms with Gasteiger partial charge in [0.2, 0.25) is 0 Å². The highest BCUT2D eigenvalue weighted by Crippen LogP contribution is 2.60. The zero-order valence-corrected chi connectivity index (χ0v) is 13.6. The fourth-order valence-corrected chi connectivity index (χ4v) is 2.94. The van der Waals surface area contributed by atoms with Crippen molar-refractivity contribution < 1.29 is 14.3 Å². The van der Waals surface area contributed by atoms with E-state index in [1.807, 2.05) is 37.3 Å². The number of ether oxygens (including phenoxy) is 2. The van der Waals surface area contributed by atoms with Crippen molar-refractivity contribution in [1.29, 1.82) is 0 Å². The highest BCUT2D eigenvalue weighted by molar-refractivity contribution is 6.48. The molecule has 0 N–H and O–H groups in total. The number of halogens is 1. The van der Waals surface area contributed by atoms with Crippen LogP contribution in [0.25, 0.3) is 5.03 Å². The van der Waals surface area contributed by atoms with Crippen molar-refractivity contribution in [2.45, 2.75) is 20.8 Å². The summed E-state index contributed by atoms with van der Waals surface area (Å²) in [6.07, 6.45) is 1.96. The van der Waals surface area contributed by atoms with Gasteiger partial charge in [0.05, 0.1) is 19.6 Å². The average molecular weight is 309 g/mol. The largest absolute Gasteiger partial charge is 0.497 e. The molecule has 1 aliphatic rings. The maximum atomic E-state index is 11.9. The van der Waals surface area contributed by atoms with Crippen molar-refractivity contribution in [2.75, 3.05) is 13.7 Å². The maximum absolute atomic E-state index is 11.9. The number of allylic oxidation sites excluding steroid dienone is 1. The van der Waals surface area contributed by atoms with Crippen LogP contribution >= 0.6 is 11.6 Å². The van der Waals surface area contributed by atoms with E-state index in [0.717, 1.165) is 11.3 Å². The minimum absolute atomic E-state index is 0.0983. The lowest BCUT2D eigenvalue weighted by Gasteiger charge is -2.03. The third-order valence-corrected chi connectivity index (χ3v) is 4.49. The first-order chi connectivity index (χ1) is 9.91. The van der Waals surface area contributed by atoms with E-state index < -0.39 is 0 Å². The molecule has 114 valence electrons. The van der Waals surface area contributed by atoms with Crippen LogP contribution < -0.4 is 4.74 Å². The van der Waals surface area contributed by atoms with E-state index in [2.05, 4.69) is 13.8 Å². The molecule has 0 aliphatic heterocycles. The number of carbonyl (C=O) groups excluding carboxylic acids is 1. The summed E-state index contributed by atoms with van der Waals surface area (Å²) in [6, 6.07) is 7.55. The number of hydrogen-bond donors (Lipinski definition) is 0. The molecular formula is C17H21ClO3. The fraction of sp³-hybridized carbons (Fsp3) is 0.471. The minimum atomic E-state index is -0.136. The molecule has 4 heteroatoms. The zero-order chi connectivity index (χ0) is 15.6. The highest BCUT2D eigenvalue weighted by Gasteiger charge is 2.61. The summed E-state index contributed by atoms with van der Waals surface area (Å²) in [5, 5.41) is 0.655. The van der Waals surface area contributed by atoms with Crippen LogP contribution in [0.5, 0.6) is 5.75 Å². The van der Waals surface area contributed by atoms with Crippen molar-refractivity contribution in [1.82, 2.24) is 0 Å². The van der Waals surface area contributed by atoms with E-state index in [-0.39, 0.29) is 23.2 Å². The molecule has 0 amide bonds. The van der Waals surface area contributed by atoms with Gasteiger partial charge in [0, 0.05) is 5.03 Å². The van der Waals surface area contributed by atoms with Crippen LogP contribution in [0.4, 0.5) is 0 Å². The molecule has 1 aliphatic carbocycles. The van der Waals surface area contributed by atoms with E-state index in [1.165, 1.54) is 0 Å². The zero-order valence-electron chi connectivity index (χ0n) is 12.9. The van der Waals surface area contributed by atoms with Crippen LogP contribution in [0, 0.1) is 17.3 Å². The van der Waals surface area contributed by atoms with E-state index in [4.69, 9.17) is 21.1 Å². The number of carbonyl (C=O) groups is 1. The van der Waals surface area contributed by atoms with Crippen LogP contribution in [0.2, 0.25) is 0 Å². The van der Waals surface area contributed by atoms with Crippen LogP contribution in [-0.2, 0) is 9.53 Å². The maximum Gasteiger partial charge on any atom is 0.310 e. The van der Waals surface area contributed by atoms with Gasteiger partial charge in [-0.1, -0.05) is 31.5 Å². The van der Waals surface area contributed by atoms with Gasteiger partial charge in [0.1, 0.15) is 5.75 Å². The Balaban J connectivity index is 2.13. The van der Waals surface area contributed by atoms with Crippen molar-refractivity contribution in [2.24, 2.45) is 17.3 Å². The third-order valence-electron chi connectivity index (χ3n) is 4.14. The van der Waals surface area contributed by atoms with Gasteiger partial charge in [-0.25, -0.2) is 0 Å². The molecule has 3 nitrogen and oxygen atoms in total. The monoisotopic (exact) mass is 308 g/mol. The molecular weight excluding hydrogens is 288 g/mol. The SMILES string of the molecule is CCOC(=O)C1C(C=C(Cl)c2ccc(OC)cc2)C1(C)C. The lowest BCUT2D eigenvalue weighted by molar-refractivity contribution is -0.145. The van der Waals surface area contributed by atoms with Crippen molar-refractivity contribution in [3.63, 3.8) is 0 Å². The van der Waals surface area contributed by atoms with Gasteiger partial charge < -0.3 is 9.47 Å². The van der Waals surface area contributed by atoms with E-state index >= 15 is 0 Å². The van der Waals surface area contributed by atoms with Crippen LogP contribution in [0.15, 0.2) is 30.3 Å². The van der Waals surface area contributed by atoms with Gasteiger partial charge in [0.15, 0.2) is 0 Å². The Morgan fingerprint density at radius 1 is 1.33 bits per heavy atom. The van der Waals surface area contributed by atoms with Crippen LogP contribution in [0.1, 0.15) is 26.3 Å². The molecule has 21 heavy (non-hydrogen) atoms. The molecule has 1 fully saturated rings. The van der Waals surface area contributed by atoms with Crippen molar-refractivity contribution >= 4 is 22.6 Å². The summed E-state index contributed by atoms with van der Waals surface area (Å²) in [5.41, 5.74) is 0.821. The molecule has 2 unspecified atom stereocenters. The van der Waals surface area contributed by atoms with E-state index in [9.17, 15) is 4.79 Å². The smallest absolute Gasteiger partial charge is 0.310 e. The second-order valence-corrected chi connectivity index (χ2v) is 6.23. The topological polar surface area (TPSA) is 35.5 Å². The molecule has 0 heterocycles. The van der Waals surface area contributed by atoms with Gasteiger partial charge in [-0.15, -0.1) is 0 Å². The first kappa shape index (κ1) is 15.9. The molecule has 2 atom stereocenters. The van der Waals surface area contributed by atoms with Gasteiger partial charge in [-0.05, 0) is 48.1 Å². The normalized spacial score (nSPS) is 23.6. The molecule has 1 saturated carbocycles. The van der Waals surface area contributed by atoms with Crippen molar-refractivity contribution in [3.05, 3.63) is 35.9 Å². The van der Waals surface area contributed by atoms with Gasteiger partial charge in [-0.3, -0.25) is 4.79 Å². The first-order valence-corrected chi connectivity index (χ1v) is 7.48. The van der Waals surface area contributed by atoms with E-state index in [1.54, 1.807) is 7.11 Å². The molecule has 0 radical (unpaired) electrons. The highest BCUT2D eigenvalue weighted by atomic mass is 35.5. The third kappa shape index (κ3) is 3.24. The molecule has 0 aromatic heterocycles. The summed E-state index contributed by atoms with van der Waals surface area (Å²) >= 11 is 6.38. The molecule has 0 spiro atoms. The fourth-order valence-electron chi connectivity index (χ4n) is 2.68. The quantitative estimate of drug-likeness (QED) is 0.768. The summed E-state index contributed by atoms with van der Waals surface area (Å²) in [4.78, 5) is 11.9. The summed E-state index contributed by atoms with van der Waals surface area (Å²) in [6.45, 7) is 6.36. The number of hydrogen-bond acceptors (Lipinski definition) is 3. The summed E-state index contributed by atoms with van der Waals surface area (Å²) in [5.74, 6) is 0.665. The minimum Gasteiger partial charge on any atom is -0.497 e. The Hall–Kier alpha value is -1.48. The summed E-state index contributed by atoms with van der Waals surface area (Å²) < 4.78 is 10.2. The number of rotatable bonds is 5. The molecule has 1 aromatic carbocycles. The van der Waals surface area contributed by atoms with Gasteiger partial charge in [0.25, 0.3) is 0 Å². The Morgan fingerprint density at radius 3 is 2.48 bits per heavy atom. The lowest BCUT2D eigenvalue weighted by atomic mass is 10.1. The molecule has 0 saturated heterocycles. The van der Waals surface area contributed by atoms with Crippen LogP contribution in [0.3, 0.4) is 0 Å². The Bertz CT molecular complexity index is 546. The average Bonchev–Trinajstić information content (AvgIpc) is 3.00.